The monoisotopic (exact) mass is 369 g/mol. The predicted octanol–water partition coefficient (Wildman–Crippen LogP) is 3.31. The summed E-state index contributed by atoms with van der Waals surface area (Å²) in [6, 6.07) is 3.83. The van der Waals surface area contributed by atoms with Gasteiger partial charge in [0.15, 0.2) is 0 Å². The second-order valence-corrected chi connectivity index (χ2v) is 7.53. The fourth-order valence-corrected chi connectivity index (χ4v) is 3.27. The summed E-state index contributed by atoms with van der Waals surface area (Å²) in [5, 5.41) is 5.89. The van der Waals surface area contributed by atoms with Gasteiger partial charge in [0.2, 0.25) is 5.91 Å². The van der Waals surface area contributed by atoms with Crippen LogP contribution >= 0.6 is 0 Å². The summed E-state index contributed by atoms with van der Waals surface area (Å²) in [4.78, 5) is 32.7. The molecule has 0 atom stereocenters. The maximum Gasteiger partial charge on any atom is 0.271 e. The minimum atomic E-state index is -0.141. The molecule has 3 rings (SSSR count). The first kappa shape index (κ1) is 19.1. The molecular formula is C20H27N5O2. The molecule has 1 aliphatic rings. The Hall–Kier alpha value is -2.70. The molecule has 2 aromatic heterocycles. The van der Waals surface area contributed by atoms with E-state index in [9.17, 15) is 9.59 Å². The van der Waals surface area contributed by atoms with Gasteiger partial charge >= 0.3 is 0 Å². The normalized spacial score (nSPS) is 14.9. The van der Waals surface area contributed by atoms with E-state index >= 15 is 0 Å². The molecule has 7 nitrogen and oxygen atoms in total. The van der Waals surface area contributed by atoms with E-state index in [0.717, 1.165) is 12.8 Å². The van der Waals surface area contributed by atoms with Crippen molar-refractivity contribution in [3.63, 3.8) is 0 Å². The van der Waals surface area contributed by atoms with Gasteiger partial charge in [-0.25, -0.2) is 9.97 Å². The van der Waals surface area contributed by atoms with Crippen molar-refractivity contribution in [1.82, 2.24) is 19.9 Å². The molecule has 7 heteroatoms. The first-order chi connectivity index (χ1) is 13.0. The Bertz CT molecular complexity index is 776. The third-order valence-corrected chi connectivity index (χ3v) is 4.65. The molecule has 2 aromatic rings. The number of pyridine rings is 1. The topological polar surface area (TPSA) is 88.9 Å². The first-order valence-electron chi connectivity index (χ1n) is 9.62. The highest BCUT2D eigenvalue weighted by Crippen LogP contribution is 2.18. The molecule has 0 aromatic carbocycles. The fraction of sp³-hybridized carbons (Fsp3) is 0.500. The van der Waals surface area contributed by atoms with Crippen molar-refractivity contribution in [2.75, 3.05) is 5.32 Å². The van der Waals surface area contributed by atoms with Crippen molar-refractivity contribution in [3.05, 3.63) is 36.5 Å². The Kier molecular flexibility index (Phi) is 6.21. The van der Waals surface area contributed by atoms with Gasteiger partial charge in [-0.15, -0.1) is 0 Å². The van der Waals surface area contributed by atoms with Crippen molar-refractivity contribution < 1.29 is 9.59 Å². The molecule has 0 spiro atoms. The van der Waals surface area contributed by atoms with Crippen LogP contribution in [-0.4, -0.2) is 32.4 Å². The molecule has 0 bridgehead atoms. The average molecular weight is 369 g/mol. The van der Waals surface area contributed by atoms with E-state index in [2.05, 4.69) is 20.6 Å². The zero-order valence-corrected chi connectivity index (χ0v) is 15.9. The number of carbonyl (C=O) groups excluding carboxylic acids is 2. The lowest BCUT2D eigenvalue weighted by Gasteiger charge is -2.22. The van der Waals surface area contributed by atoms with E-state index in [4.69, 9.17) is 0 Å². The number of nitrogens with zero attached hydrogens (tertiary/aromatic N) is 3. The summed E-state index contributed by atoms with van der Waals surface area (Å²) < 4.78 is 1.70. The summed E-state index contributed by atoms with van der Waals surface area (Å²) in [5.41, 5.74) is 1.04. The van der Waals surface area contributed by atoms with Gasteiger partial charge in [0.25, 0.3) is 5.91 Å². The van der Waals surface area contributed by atoms with Crippen LogP contribution in [0.15, 0.2) is 30.9 Å². The molecule has 2 amide bonds. The van der Waals surface area contributed by atoms with Gasteiger partial charge in [-0.05, 0) is 30.9 Å². The number of imidazole rings is 1. The quantitative estimate of drug-likeness (QED) is 0.817. The summed E-state index contributed by atoms with van der Waals surface area (Å²) in [6.07, 6.45) is 11.0. The van der Waals surface area contributed by atoms with E-state index in [1.807, 2.05) is 13.8 Å². The van der Waals surface area contributed by atoms with E-state index in [1.165, 1.54) is 19.3 Å². The maximum atomic E-state index is 12.4. The molecule has 144 valence electrons. The van der Waals surface area contributed by atoms with Crippen LogP contribution in [0.3, 0.4) is 0 Å². The largest absolute Gasteiger partial charge is 0.348 e. The lowest BCUT2D eigenvalue weighted by molar-refractivity contribution is -0.116. The zero-order chi connectivity index (χ0) is 19.2. The van der Waals surface area contributed by atoms with E-state index < -0.39 is 0 Å². The maximum absolute atomic E-state index is 12.4. The summed E-state index contributed by atoms with van der Waals surface area (Å²) >= 11 is 0. The Morgan fingerprint density at radius 3 is 2.63 bits per heavy atom. The lowest BCUT2D eigenvalue weighted by Crippen LogP contribution is -2.36. The molecule has 1 fully saturated rings. The third kappa shape index (κ3) is 5.39. The fourth-order valence-electron chi connectivity index (χ4n) is 3.27. The van der Waals surface area contributed by atoms with Crippen LogP contribution in [0.25, 0.3) is 5.82 Å². The van der Waals surface area contributed by atoms with Crippen LogP contribution in [0.5, 0.6) is 0 Å². The minimum Gasteiger partial charge on any atom is -0.348 e. The number of hydrogen-bond acceptors (Lipinski definition) is 4. The van der Waals surface area contributed by atoms with Crippen LogP contribution in [0.2, 0.25) is 0 Å². The highest BCUT2D eigenvalue weighted by atomic mass is 16.2. The van der Waals surface area contributed by atoms with Crippen molar-refractivity contribution in [2.45, 2.75) is 58.4 Å². The van der Waals surface area contributed by atoms with Gasteiger partial charge < -0.3 is 10.6 Å². The van der Waals surface area contributed by atoms with Gasteiger partial charge in [0.1, 0.15) is 17.8 Å². The number of rotatable bonds is 6. The van der Waals surface area contributed by atoms with Crippen LogP contribution in [-0.2, 0) is 4.79 Å². The molecule has 0 unspecified atom stereocenters. The minimum absolute atomic E-state index is 0.0242. The molecule has 27 heavy (non-hydrogen) atoms. The zero-order valence-electron chi connectivity index (χ0n) is 15.9. The smallest absolute Gasteiger partial charge is 0.271 e. The molecule has 2 heterocycles. The van der Waals surface area contributed by atoms with E-state index in [0.29, 0.717) is 29.5 Å². The summed E-state index contributed by atoms with van der Waals surface area (Å²) in [6.45, 7) is 4.00. The Morgan fingerprint density at radius 2 is 1.96 bits per heavy atom. The number of carbonyl (C=O) groups is 2. The van der Waals surface area contributed by atoms with Crippen LogP contribution < -0.4 is 10.6 Å². The molecule has 1 saturated carbocycles. The number of amides is 2. The third-order valence-electron chi connectivity index (χ3n) is 4.65. The number of hydrogen-bond donors (Lipinski definition) is 2. The Labute approximate surface area is 159 Å². The van der Waals surface area contributed by atoms with Crippen LogP contribution in [0.4, 0.5) is 5.69 Å². The standard InChI is InChI=1S/C20H27N5O2/c1-14(2)10-19(26)23-16-8-9-18(21-11-16)25-12-17(22-13-25)20(27)24-15-6-4-3-5-7-15/h8-9,11-15H,3-7,10H2,1-2H3,(H,23,26)(H,24,27). The van der Waals surface area contributed by atoms with Gasteiger partial charge in [-0.3, -0.25) is 14.2 Å². The SMILES string of the molecule is CC(C)CC(=O)Nc1ccc(-n2cnc(C(=O)NC3CCCCC3)c2)nc1. The number of aromatic nitrogens is 3. The van der Waals surface area contributed by atoms with Crippen molar-refractivity contribution in [3.8, 4) is 5.82 Å². The van der Waals surface area contributed by atoms with E-state index in [1.54, 1.807) is 35.4 Å². The number of nitrogens with one attached hydrogen (secondary N) is 2. The Balaban J connectivity index is 1.60. The summed E-state index contributed by atoms with van der Waals surface area (Å²) in [5.74, 6) is 0.782. The van der Waals surface area contributed by atoms with Gasteiger partial charge in [-0.2, -0.15) is 0 Å². The first-order valence-corrected chi connectivity index (χ1v) is 9.62. The van der Waals surface area contributed by atoms with Crippen molar-refractivity contribution >= 4 is 17.5 Å². The Morgan fingerprint density at radius 1 is 1.19 bits per heavy atom. The molecule has 2 N–H and O–H groups in total. The highest BCUT2D eigenvalue weighted by molar-refractivity contribution is 5.92. The number of anilines is 1. The van der Waals surface area contributed by atoms with Gasteiger partial charge in [0, 0.05) is 18.7 Å². The summed E-state index contributed by atoms with van der Waals surface area (Å²) in [7, 11) is 0. The van der Waals surface area contributed by atoms with Crippen LogP contribution in [0, 0.1) is 5.92 Å². The van der Waals surface area contributed by atoms with Crippen molar-refractivity contribution in [1.29, 1.82) is 0 Å². The second kappa shape index (κ2) is 8.79. The lowest BCUT2D eigenvalue weighted by atomic mass is 9.95. The molecular weight excluding hydrogens is 342 g/mol. The highest BCUT2D eigenvalue weighted by Gasteiger charge is 2.18. The molecule has 1 aliphatic carbocycles. The average Bonchev–Trinajstić information content (AvgIpc) is 3.13. The van der Waals surface area contributed by atoms with Crippen molar-refractivity contribution in [2.24, 2.45) is 5.92 Å². The van der Waals surface area contributed by atoms with Gasteiger partial charge in [-0.1, -0.05) is 33.1 Å². The molecule has 0 saturated heterocycles. The van der Waals surface area contributed by atoms with E-state index in [-0.39, 0.29) is 17.9 Å². The second-order valence-electron chi connectivity index (χ2n) is 7.53. The predicted molar refractivity (Wildman–Crippen MR) is 104 cm³/mol. The van der Waals surface area contributed by atoms with Crippen LogP contribution in [0.1, 0.15) is 62.9 Å². The molecule has 0 aliphatic heterocycles. The van der Waals surface area contributed by atoms with Gasteiger partial charge in [0.05, 0.1) is 11.9 Å². The molecule has 0 radical (unpaired) electrons.